The zero-order valence-corrected chi connectivity index (χ0v) is 11.0. The fourth-order valence-corrected chi connectivity index (χ4v) is 1.58. The predicted molar refractivity (Wildman–Crippen MR) is 69.4 cm³/mol. The molecule has 0 spiro atoms. The summed E-state index contributed by atoms with van der Waals surface area (Å²) in [6, 6.07) is 5.17. The summed E-state index contributed by atoms with van der Waals surface area (Å²) in [5.74, 6) is 0.507. The molecule has 0 aliphatic heterocycles. The summed E-state index contributed by atoms with van der Waals surface area (Å²) >= 11 is 0. The summed E-state index contributed by atoms with van der Waals surface area (Å²) in [4.78, 5) is 0. The van der Waals surface area contributed by atoms with Crippen molar-refractivity contribution in [2.75, 3.05) is 0 Å². The van der Waals surface area contributed by atoms with Crippen molar-refractivity contribution in [2.24, 2.45) is 11.7 Å². The van der Waals surface area contributed by atoms with Crippen molar-refractivity contribution in [2.45, 2.75) is 39.7 Å². The van der Waals surface area contributed by atoms with Gasteiger partial charge in [0, 0.05) is 6.04 Å². The summed E-state index contributed by atoms with van der Waals surface area (Å²) in [5.41, 5.74) is 7.75. The van der Waals surface area contributed by atoms with E-state index in [0.29, 0.717) is 11.5 Å². The molecular weight excluding hydrogens is 225 g/mol. The van der Waals surface area contributed by atoms with Crippen LogP contribution in [0, 0.1) is 18.7 Å². The van der Waals surface area contributed by atoms with Gasteiger partial charge in [-0.05, 0) is 42.9 Å². The molecule has 16 heavy (non-hydrogen) atoms. The highest BCUT2D eigenvalue weighted by Crippen LogP contribution is 2.20. The minimum atomic E-state index is -0.158. The SMILES string of the molecule is Cc1cc([C@@H](N)CCC(C)C)ccc1F.Cl. The van der Waals surface area contributed by atoms with Crippen LogP contribution < -0.4 is 5.73 Å². The van der Waals surface area contributed by atoms with E-state index in [4.69, 9.17) is 5.73 Å². The lowest BCUT2D eigenvalue weighted by Gasteiger charge is -2.14. The van der Waals surface area contributed by atoms with Gasteiger partial charge in [-0.2, -0.15) is 0 Å². The number of hydrogen-bond donors (Lipinski definition) is 1. The molecule has 0 saturated heterocycles. The van der Waals surface area contributed by atoms with E-state index in [1.165, 1.54) is 6.07 Å². The van der Waals surface area contributed by atoms with Crippen molar-refractivity contribution in [3.05, 3.63) is 35.1 Å². The Kier molecular flexibility index (Phi) is 6.61. The standard InChI is InChI=1S/C13H20FN.ClH/c1-9(2)4-7-13(15)11-5-6-12(14)10(3)8-11;/h5-6,8-9,13H,4,7,15H2,1-3H3;1H/t13-;/m0./s1. The maximum absolute atomic E-state index is 13.0. The van der Waals surface area contributed by atoms with Crippen molar-refractivity contribution in [3.8, 4) is 0 Å². The molecule has 0 radical (unpaired) electrons. The highest BCUT2D eigenvalue weighted by atomic mass is 35.5. The lowest BCUT2D eigenvalue weighted by molar-refractivity contribution is 0.506. The summed E-state index contributed by atoms with van der Waals surface area (Å²) in [7, 11) is 0. The van der Waals surface area contributed by atoms with E-state index in [-0.39, 0.29) is 24.3 Å². The van der Waals surface area contributed by atoms with Crippen molar-refractivity contribution >= 4 is 12.4 Å². The van der Waals surface area contributed by atoms with Crippen LogP contribution in [0.1, 0.15) is 43.9 Å². The number of aryl methyl sites for hydroxylation is 1. The van der Waals surface area contributed by atoms with Gasteiger partial charge < -0.3 is 5.73 Å². The molecule has 2 N–H and O–H groups in total. The minimum absolute atomic E-state index is 0. The van der Waals surface area contributed by atoms with Gasteiger partial charge in [-0.15, -0.1) is 12.4 Å². The Labute approximate surface area is 104 Å². The van der Waals surface area contributed by atoms with Crippen LogP contribution in [0.2, 0.25) is 0 Å². The van der Waals surface area contributed by atoms with E-state index in [2.05, 4.69) is 13.8 Å². The van der Waals surface area contributed by atoms with Gasteiger partial charge in [0.15, 0.2) is 0 Å². The largest absolute Gasteiger partial charge is 0.324 e. The number of nitrogens with two attached hydrogens (primary N) is 1. The zero-order valence-electron chi connectivity index (χ0n) is 10.2. The molecule has 92 valence electrons. The highest BCUT2D eigenvalue weighted by Gasteiger charge is 2.08. The van der Waals surface area contributed by atoms with Crippen LogP contribution in [0.5, 0.6) is 0 Å². The molecule has 0 heterocycles. The number of hydrogen-bond acceptors (Lipinski definition) is 1. The summed E-state index contributed by atoms with van der Waals surface area (Å²) in [5, 5.41) is 0. The maximum Gasteiger partial charge on any atom is 0.126 e. The molecule has 3 heteroatoms. The first-order chi connectivity index (χ1) is 7.00. The predicted octanol–water partition coefficient (Wildman–Crippen LogP) is 3.99. The van der Waals surface area contributed by atoms with E-state index < -0.39 is 0 Å². The second-order valence-electron chi connectivity index (χ2n) is 4.59. The van der Waals surface area contributed by atoms with E-state index in [1.807, 2.05) is 6.07 Å². The molecule has 1 aromatic rings. The van der Waals surface area contributed by atoms with Crippen LogP contribution in [0.25, 0.3) is 0 Å². The summed E-state index contributed by atoms with van der Waals surface area (Å²) in [6.45, 7) is 6.14. The van der Waals surface area contributed by atoms with Gasteiger partial charge in [0.1, 0.15) is 5.82 Å². The summed E-state index contributed by atoms with van der Waals surface area (Å²) < 4.78 is 13.0. The molecule has 0 fully saturated rings. The van der Waals surface area contributed by atoms with Crippen molar-refractivity contribution in [3.63, 3.8) is 0 Å². The lowest BCUT2D eigenvalue weighted by Crippen LogP contribution is -2.11. The third kappa shape index (κ3) is 4.50. The van der Waals surface area contributed by atoms with E-state index in [1.54, 1.807) is 13.0 Å². The van der Waals surface area contributed by atoms with Crippen LogP contribution in [0.3, 0.4) is 0 Å². The normalized spacial score (nSPS) is 12.4. The van der Waals surface area contributed by atoms with Gasteiger partial charge in [0.05, 0.1) is 0 Å². The van der Waals surface area contributed by atoms with Gasteiger partial charge >= 0.3 is 0 Å². The Hall–Kier alpha value is -0.600. The molecule has 1 nitrogen and oxygen atoms in total. The van der Waals surface area contributed by atoms with Crippen molar-refractivity contribution in [1.82, 2.24) is 0 Å². The van der Waals surface area contributed by atoms with Crippen molar-refractivity contribution in [1.29, 1.82) is 0 Å². The molecule has 0 saturated carbocycles. The molecule has 0 unspecified atom stereocenters. The molecule has 0 amide bonds. The van der Waals surface area contributed by atoms with E-state index >= 15 is 0 Å². The Morgan fingerprint density at radius 1 is 1.25 bits per heavy atom. The first kappa shape index (κ1) is 15.4. The van der Waals surface area contributed by atoms with E-state index in [9.17, 15) is 4.39 Å². The minimum Gasteiger partial charge on any atom is -0.324 e. The smallest absolute Gasteiger partial charge is 0.126 e. The summed E-state index contributed by atoms with van der Waals surface area (Å²) in [6.07, 6.45) is 2.07. The number of halogens is 2. The van der Waals surface area contributed by atoms with E-state index in [0.717, 1.165) is 18.4 Å². The van der Waals surface area contributed by atoms with Gasteiger partial charge in [0.2, 0.25) is 0 Å². The fourth-order valence-electron chi connectivity index (χ4n) is 1.58. The number of rotatable bonds is 4. The molecule has 1 atom stereocenters. The molecule has 1 aromatic carbocycles. The monoisotopic (exact) mass is 245 g/mol. The average Bonchev–Trinajstić information content (AvgIpc) is 2.18. The quantitative estimate of drug-likeness (QED) is 0.853. The zero-order chi connectivity index (χ0) is 11.4. The van der Waals surface area contributed by atoms with Crippen LogP contribution >= 0.6 is 12.4 Å². The third-order valence-electron chi connectivity index (χ3n) is 2.67. The molecule has 0 aliphatic rings. The highest BCUT2D eigenvalue weighted by molar-refractivity contribution is 5.85. The molecule has 1 rings (SSSR count). The lowest BCUT2D eigenvalue weighted by atomic mass is 9.97. The first-order valence-corrected chi connectivity index (χ1v) is 5.52. The number of benzene rings is 1. The third-order valence-corrected chi connectivity index (χ3v) is 2.67. The first-order valence-electron chi connectivity index (χ1n) is 5.52. The van der Waals surface area contributed by atoms with Crippen LogP contribution in [0.15, 0.2) is 18.2 Å². The Bertz CT molecular complexity index is 326. The molecular formula is C13H21ClFN. The van der Waals surface area contributed by atoms with Gasteiger partial charge in [-0.1, -0.05) is 26.0 Å². The topological polar surface area (TPSA) is 26.0 Å². The average molecular weight is 246 g/mol. The Morgan fingerprint density at radius 3 is 2.38 bits per heavy atom. The van der Waals surface area contributed by atoms with Crippen LogP contribution in [0.4, 0.5) is 4.39 Å². The fraction of sp³-hybridized carbons (Fsp3) is 0.538. The molecule has 0 aliphatic carbocycles. The van der Waals surface area contributed by atoms with Gasteiger partial charge in [0.25, 0.3) is 0 Å². The molecule has 0 bridgehead atoms. The van der Waals surface area contributed by atoms with Crippen molar-refractivity contribution < 1.29 is 4.39 Å². The Balaban J connectivity index is 0.00000225. The van der Waals surface area contributed by atoms with Gasteiger partial charge in [-0.3, -0.25) is 0 Å². The van der Waals surface area contributed by atoms with Crippen LogP contribution in [-0.4, -0.2) is 0 Å². The second kappa shape index (κ2) is 6.87. The second-order valence-corrected chi connectivity index (χ2v) is 4.59. The Morgan fingerprint density at radius 2 is 1.88 bits per heavy atom. The van der Waals surface area contributed by atoms with Gasteiger partial charge in [-0.25, -0.2) is 4.39 Å². The maximum atomic E-state index is 13.0. The van der Waals surface area contributed by atoms with Crippen LogP contribution in [-0.2, 0) is 0 Å². The molecule has 0 aromatic heterocycles.